The van der Waals surface area contributed by atoms with E-state index in [9.17, 15) is 14.4 Å². The first kappa shape index (κ1) is 58.6. The van der Waals surface area contributed by atoms with Crippen molar-refractivity contribution in [3.05, 3.63) is 85.1 Å². The lowest BCUT2D eigenvalue weighted by Gasteiger charge is -2.18. The molecule has 0 rings (SSSR count). The Bertz CT molecular complexity index is 1220. The highest BCUT2D eigenvalue weighted by Crippen LogP contribution is 2.13. The summed E-state index contributed by atoms with van der Waals surface area (Å²) >= 11 is 0. The molecule has 0 N–H and O–H groups in total. The SMILES string of the molecule is CC/C=C/C/C=C/C/C=C/C/C=C/CCCCCC(=O)OCC(COC(=O)CC/C=C/C/C=C/CCCCCCCC)OC(=O)CCCCCCCCC/C=C/CCCCCC. The first-order valence-corrected chi connectivity index (χ1v) is 25.6. The fourth-order valence-electron chi connectivity index (χ4n) is 6.77. The molecule has 0 aliphatic heterocycles. The number of allylic oxidation sites excluding steroid dienone is 14. The molecule has 0 heterocycles. The van der Waals surface area contributed by atoms with Crippen LogP contribution in [-0.4, -0.2) is 37.2 Å². The second-order valence-corrected chi connectivity index (χ2v) is 16.7. The van der Waals surface area contributed by atoms with Gasteiger partial charge in [-0.3, -0.25) is 14.4 Å². The van der Waals surface area contributed by atoms with Gasteiger partial charge in [0.15, 0.2) is 6.10 Å². The molecule has 0 aliphatic rings. The van der Waals surface area contributed by atoms with Crippen LogP contribution >= 0.6 is 0 Å². The minimum Gasteiger partial charge on any atom is -0.462 e. The standard InChI is InChI=1S/C56H94O6/c1-4-7-10-13-16-19-22-25-27-29-31-34-37-40-43-46-49-55(58)61-52-53(51-60-54(57)48-45-42-39-36-33-30-24-21-18-15-12-9-6-3)62-56(59)50-47-44-41-38-35-32-28-26-23-20-17-14-11-8-5-2/h7,10,16,19-20,23,25,27,30-31,33-34,39,42,53H,4-6,8-9,11-15,17-18,21-22,24,26,28-29,32,35-38,40-41,43-52H2,1-3H3/b10-7+,19-16+,23-20+,27-25+,33-30+,34-31+,42-39+. The first-order valence-electron chi connectivity index (χ1n) is 25.6. The minimum absolute atomic E-state index is 0.112. The molecule has 0 amide bonds. The lowest BCUT2D eigenvalue weighted by atomic mass is 10.1. The maximum atomic E-state index is 12.8. The molecule has 354 valence electrons. The average molecular weight is 863 g/mol. The van der Waals surface area contributed by atoms with E-state index in [0.29, 0.717) is 19.3 Å². The highest BCUT2D eigenvalue weighted by Gasteiger charge is 2.19. The van der Waals surface area contributed by atoms with E-state index in [1.807, 2.05) is 6.08 Å². The molecule has 6 heteroatoms. The summed E-state index contributed by atoms with van der Waals surface area (Å²) in [6.07, 6.45) is 64.3. The third kappa shape index (κ3) is 47.6. The van der Waals surface area contributed by atoms with Gasteiger partial charge in [0.2, 0.25) is 0 Å². The number of carbonyl (C=O) groups excluding carboxylic acids is 3. The number of hydrogen-bond donors (Lipinski definition) is 0. The molecule has 1 atom stereocenters. The fraction of sp³-hybridized carbons (Fsp3) is 0.696. The monoisotopic (exact) mass is 863 g/mol. The molecule has 0 saturated carbocycles. The lowest BCUT2D eigenvalue weighted by molar-refractivity contribution is -0.166. The number of esters is 3. The van der Waals surface area contributed by atoms with Crippen LogP contribution in [0.2, 0.25) is 0 Å². The van der Waals surface area contributed by atoms with Crippen molar-refractivity contribution in [2.24, 2.45) is 0 Å². The molecule has 0 spiro atoms. The number of hydrogen-bond acceptors (Lipinski definition) is 6. The Balaban J connectivity index is 4.51. The van der Waals surface area contributed by atoms with Crippen LogP contribution in [0.4, 0.5) is 0 Å². The van der Waals surface area contributed by atoms with Crippen LogP contribution in [0.5, 0.6) is 0 Å². The number of carbonyl (C=O) groups is 3. The predicted octanol–water partition coefficient (Wildman–Crippen LogP) is 16.8. The van der Waals surface area contributed by atoms with E-state index in [2.05, 4.69) is 99.8 Å². The van der Waals surface area contributed by atoms with Gasteiger partial charge in [-0.15, -0.1) is 0 Å². The van der Waals surface area contributed by atoms with Gasteiger partial charge >= 0.3 is 17.9 Å². The number of rotatable bonds is 45. The zero-order valence-electron chi connectivity index (χ0n) is 40.4. The highest BCUT2D eigenvalue weighted by atomic mass is 16.6. The van der Waals surface area contributed by atoms with Crippen LogP contribution in [0.1, 0.15) is 233 Å². The van der Waals surface area contributed by atoms with E-state index >= 15 is 0 Å². The van der Waals surface area contributed by atoms with Crippen LogP contribution in [0, 0.1) is 0 Å². The Hall–Kier alpha value is -3.41. The Labute approximate surface area is 382 Å². The smallest absolute Gasteiger partial charge is 0.306 e. The summed E-state index contributed by atoms with van der Waals surface area (Å²) in [5.74, 6) is -1.02. The Morgan fingerprint density at radius 1 is 0.339 bits per heavy atom. The molecule has 0 aliphatic carbocycles. The van der Waals surface area contributed by atoms with Crippen molar-refractivity contribution in [1.82, 2.24) is 0 Å². The van der Waals surface area contributed by atoms with Crippen molar-refractivity contribution in [3.8, 4) is 0 Å². The summed E-state index contributed by atoms with van der Waals surface area (Å²) in [5.41, 5.74) is 0. The van der Waals surface area contributed by atoms with E-state index < -0.39 is 6.10 Å². The second-order valence-electron chi connectivity index (χ2n) is 16.7. The quantitative estimate of drug-likeness (QED) is 0.0263. The maximum absolute atomic E-state index is 12.8. The molecule has 0 radical (unpaired) electrons. The predicted molar refractivity (Wildman–Crippen MR) is 265 cm³/mol. The van der Waals surface area contributed by atoms with Crippen molar-refractivity contribution >= 4 is 17.9 Å². The Kier molecular flexibility index (Phi) is 47.5. The van der Waals surface area contributed by atoms with Gasteiger partial charge in [-0.2, -0.15) is 0 Å². The topological polar surface area (TPSA) is 78.9 Å². The third-order valence-corrected chi connectivity index (χ3v) is 10.6. The fourth-order valence-corrected chi connectivity index (χ4v) is 6.77. The molecule has 0 aromatic heterocycles. The Morgan fingerprint density at radius 3 is 1.13 bits per heavy atom. The van der Waals surface area contributed by atoms with Gasteiger partial charge < -0.3 is 14.2 Å². The summed E-state index contributed by atoms with van der Waals surface area (Å²) in [5, 5.41) is 0. The Morgan fingerprint density at radius 2 is 0.661 bits per heavy atom. The molecule has 62 heavy (non-hydrogen) atoms. The summed E-state index contributed by atoms with van der Waals surface area (Å²) < 4.78 is 16.7. The van der Waals surface area contributed by atoms with Crippen molar-refractivity contribution in [3.63, 3.8) is 0 Å². The average Bonchev–Trinajstić information content (AvgIpc) is 3.27. The van der Waals surface area contributed by atoms with Crippen molar-refractivity contribution < 1.29 is 28.6 Å². The normalized spacial score (nSPS) is 12.8. The van der Waals surface area contributed by atoms with Crippen LogP contribution in [0.15, 0.2) is 85.1 Å². The maximum Gasteiger partial charge on any atom is 0.306 e. The van der Waals surface area contributed by atoms with Gasteiger partial charge in [0.1, 0.15) is 13.2 Å². The van der Waals surface area contributed by atoms with Crippen LogP contribution < -0.4 is 0 Å². The van der Waals surface area contributed by atoms with E-state index in [1.165, 1.54) is 103 Å². The lowest BCUT2D eigenvalue weighted by Crippen LogP contribution is -2.30. The summed E-state index contributed by atoms with van der Waals surface area (Å²) in [4.78, 5) is 37.9. The molecule has 6 nitrogen and oxygen atoms in total. The summed E-state index contributed by atoms with van der Waals surface area (Å²) in [6, 6.07) is 0. The van der Waals surface area contributed by atoms with Crippen LogP contribution in [0.25, 0.3) is 0 Å². The van der Waals surface area contributed by atoms with Crippen molar-refractivity contribution in [2.45, 2.75) is 239 Å². The highest BCUT2D eigenvalue weighted by molar-refractivity contribution is 5.71. The van der Waals surface area contributed by atoms with E-state index in [-0.39, 0.29) is 37.5 Å². The second kappa shape index (κ2) is 50.2. The molecular weight excluding hydrogens is 769 g/mol. The number of ether oxygens (including phenoxy) is 3. The van der Waals surface area contributed by atoms with Gasteiger partial charge in [0.05, 0.1) is 0 Å². The molecule has 0 saturated heterocycles. The van der Waals surface area contributed by atoms with Crippen molar-refractivity contribution in [1.29, 1.82) is 0 Å². The number of unbranched alkanes of at least 4 members (excludes halogenated alkanes) is 20. The molecule has 0 aromatic rings. The van der Waals surface area contributed by atoms with Gasteiger partial charge in [-0.1, -0.05) is 196 Å². The van der Waals surface area contributed by atoms with E-state index in [1.54, 1.807) is 0 Å². The van der Waals surface area contributed by atoms with Crippen molar-refractivity contribution in [2.75, 3.05) is 13.2 Å². The molecule has 0 bridgehead atoms. The molecule has 0 aromatic carbocycles. The summed E-state index contributed by atoms with van der Waals surface area (Å²) in [7, 11) is 0. The first-order chi connectivity index (χ1) is 30.5. The van der Waals surface area contributed by atoms with E-state index in [0.717, 1.165) is 83.5 Å². The zero-order valence-corrected chi connectivity index (χ0v) is 40.4. The zero-order chi connectivity index (χ0) is 45.1. The largest absolute Gasteiger partial charge is 0.462 e. The van der Waals surface area contributed by atoms with Crippen LogP contribution in [0.3, 0.4) is 0 Å². The van der Waals surface area contributed by atoms with Crippen LogP contribution in [-0.2, 0) is 28.6 Å². The van der Waals surface area contributed by atoms with Gasteiger partial charge in [0, 0.05) is 19.3 Å². The van der Waals surface area contributed by atoms with Gasteiger partial charge in [0.25, 0.3) is 0 Å². The van der Waals surface area contributed by atoms with Gasteiger partial charge in [-0.25, -0.2) is 0 Å². The van der Waals surface area contributed by atoms with Gasteiger partial charge in [-0.05, 0) is 103 Å². The summed E-state index contributed by atoms with van der Waals surface area (Å²) in [6.45, 7) is 6.41. The van der Waals surface area contributed by atoms with E-state index in [4.69, 9.17) is 14.2 Å². The molecule has 1 unspecified atom stereocenters. The molecule has 0 fully saturated rings. The minimum atomic E-state index is -0.814. The molecular formula is C56H94O6. The third-order valence-electron chi connectivity index (χ3n) is 10.6.